The number of rotatable bonds is 5. The maximum atomic E-state index is 13.0. The molecular formula is C22H30N4O3. The van der Waals surface area contributed by atoms with Crippen LogP contribution in [-0.2, 0) is 22.7 Å². The first kappa shape index (κ1) is 20.0. The van der Waals surface area contributed by atoms with E-state index in [0.717, 1.165) is 17.7 Å². The number of hydrogen-bond acceptors (Lipinski definition) is 5. The molecule has 3 aliphatic rings. The number of piperidine rings is 1. The van der Waals surface area contributed by atoms with E-state index in [9.17, 15) is 14.4 Å². The van der Waals surface area contributed by atoms with Crippen LogP contribution in [0.3, 0.4) is 0 Å². The van der Waals surface area contributed by atoms with Crippen molar-refractivity contribution in [2.45, 2.75) is 69.7 Å². The van der Waals surface area contributed by atoms with Crippen LogP contribution in [0, 0.1) is 0 Å². The molecular weight excluding hydrogens is 368 g/mol. The van der Waals surface area contributed by atoms with Gasteiger partial charge in [-0.1, -0.05) is 25.0 Å². The van der Waals surface area contributed by atoms with Crippen LogP contribution in [0.25, 0.3) is 0 Å². The fourth-order valence-electron chi connectivity index (χ4n) is 5.16. The molecule has 1 unspecified atom stereocenters. The molecule has 0 spiro atoms. The summed E-state index contributed by atoms with van der Waals surface area (Å²) in [6.45, 7) is 1.22. The molecule has 1 aromatic rings. The second-order valence-corrected chi connectivity index (χ2v) is 8.51. The van der Waals surface area contributed by atoms with Crippen LogP contribution < -0.4 is 10.6 Å². The van der Waals surface area contributed by atoms with Crippen molar-refractivity contribution < 1.29 is 14.4 Å². The van der Waals surface area contributed by atoms with E-state index in [1.165, 1.54) is 25.7 Å². The monoisotopic (exact) mass is 398 g/mol. The minimum atomic E-state index is -0.565. The maximum Gasteiger partial charge on any atom is 0.255 e. The molecule has 2 fully saturated rings. The van der Waals surface area contributed by atoms with Gasteiger partial charge in [0, 0.05) is 37.2 Å². The summed E-state index contributed by atoms with van der Waals surface area (Å²) in [6, 6.07) is 6.28. The SMILES string of the molecule is CN[C@H]1CCCC[C@@H]1N(C)Cc1cccc2c1CN(C1CCC(=O)NC1=O)C2=O. The molecule has 1 saturated carbocycles. The van der Waals surface area contributed by atoms with Gasteiger partial charge in [-0.2, -0.15) is 0 Å². The Morgan fingerprint density at radius 2 is 1.97 bits per heavy atom. The molecule has 0 aromatic heterocycles. The van der Waals surface area contributed by atoms with Gasteiger partial charge in [-0.3, -0.25) is 24.6 Å². The van der Waals surface area contributed by atoms with E-state index >= 15 is 0 Å². The van der Waals surface area contributed by atoms with E-state index < -0.39 is 6.04 Å². The predicted molar refractivity (Wildman–Crippen MR) is 109 cm³/mol. The summed E-state index contributed by atoms with van der Waals surface area (Å²) in [6.07, 6.45) is 5.57. The van der Waals surface area contributed by atoms with Crippen LogP contribution in [-0.4, -0.2) is 59.7 Å². The molecule has 2 aliphatic heterocycles. The Balaban J connectivity index is 1.52. The first-order valence-electron chi connectivity index (χ1n) is 10.6. The number of nitrogens with one attached hydrogen (secondary N) is 2. The number of carbonyl (C=O) groups is 3. The minimum absolute atomic E-state index is 0.107. The average Bonchev–Trinajstić information content (AvgIpc) is 3.05. The standard InChI is InChI=1S/C22H30N4O3/c1-23-17-8-3-4-9-18(17)25(2)12-14-6-5-7-15-16(14)13-26(22(15)29)19-10-11-20(27)24-21(19)28/h5-7,17-19,23H,3-4,8-13H2,1-2H3,(H,24,27,28)/t17-,18-,19?/m0/s1. The summed E-state index contributed by atoms with van der Waals surface area (Å²) in [5, 5.41) is 5.83. The van der Waals surface area contributed by atoms with Crippen LogP contribution in [0.4, 0.5) is 0 Å². The van der Waals surface area contributed by atoms with E-state index in [-0.39, 0.29) is 24.1 Å². The van der Waals surface area contributed by atoms with E-state index in [2.05, 4.69) is 28.6 Å². The molecule has 1 saturated heterocycles. The van der Waals surface area contributed by atoms with E-state index in [4.69, 9.17) is 0 Å². The normalized spacial score (nSPS) is 27.3. The first-order valence-corrected chi connectivity index (χ1v) is 10.6. The Morgan fingerprint density at radius 1 is 1.17 bits per heavy atom. The molecule has 0 bridgehead atoms. The number of hydrogen-bond donors (Lipinski definition) is 2. The summed E-state index contributed by atoms with van der Waals surface area (Å²) >= 11 is 0. The van der Waals surface area contributed by atoms with Gasteiger partial charge in [0.2, 0.25) is 11.8 Å². The van der Waals surface area contributed by atoms with Crippen molar-refractivity contribution in [1.82, 2.24) is 20.4 Å². The zero-order chi connectivity index (χ0) is 20.5. The van der Waals surface area contributed by atoms with Crippen molar-refractivity contribution in [3.05, 3.63) is 34.9 Å². The topological polar surface area (TPSA) is 81.8 Å². The van der Waals surface area contributed by atoms with Gasteiger partial charge in [-0.05, 0) is 50.6 Å². The zero-order valence-corrected chi connectivity index (χ0v) is 17.2. The number of amides is 3. The van der Waals surface area contributed by atoms with E-state index in [1.54, 1.807) is 4.90 Å². The predicted octanol–water partition coefficient (Wildman–Crippen LogP) is 1.41. The van der Waals surface area contributed by atoms with E-state index in [0.29, 0.717) is 30.6 Å². The number of carbonyl (C=O) groups excluding carboxylic acids is 3. The number of imide groups is 1. The molecule has 3 amide bonds. The maximum absolute atomic E-state index is 13.0. The lowest BCUT2D eigenvalue weighted by molar-refractivity contribution is -0.136. The molecule has 156 valence electrons. The van der Waals surface area contributed by atoms with Crippen molar-refractivity contribution in [1.29, 1.82) is 0 Å². The number of nitrogens with zero attached hydrogens (tertiary/aromatic N) is 2. The minimum Gasteiger partial charge on any atom is -0.322 e. The Hall–Kier alpha value is -2.25. The number of likely N-dealkylation sites (N-methyl/N-ethyl adjacent to an activating group) is 2. The highest BCUT2D eigenvalue weighted by molar-refractivity contribution is 6.05. The van der Waals surface area contributed by atoms with Crippen LogP contribution in [0.5, 0.6) is 0 Å². The summed E-state index contributed by atoms with van der Waals surface area (Å²) < 4.78 is 0. The summed E-state index contributed by atoms with van der Waals surface area (Å²) in [5.41, 5.74) is 2.86. The summed E-state index contributed by atoms with van der Waals surface area (Å²) in [4.78, 5) is 40.8. The second kappa shape index (κ2) is 8.24. The third-order valence-electron chi connectivity index (χ3n) is 6.77. The lowest BCUT2D eigenvalue weighted by atomic mass is 9.89. The molecule has 7 nitrogen and oxygen atoms in total. The lowest BCUT2D eigenvalue weighted by Crippen LogP contribution is -2.52. The van der Waals surface area contributed by atoms with Crippen molar-refractivity contribution >= 4 is 17.7 Å². The molecule has 1 aromatic carbocycles. The van der Waals surface area contributed by atoms with E-state index in [1.807, 2.05) is 19.2 Å². The molecule has 2 heterocycles. The Labute approximate surface area is 171 Å². The fraction of sp³-hybridized carbons (Fsp3) is 0.591. The van der Waals surface area contributed by atoms with Crippen LogP contribution in [0.15, 0.2) is 18.2 Å². The van der Waals surface area contributed by atoms with Crippen molar-refractivity contribution in [3.63, 3.8) is 0 Å². The summed E-state index contributed by atoms with van der Waals surface area (Å²) in [7, 11) is 4.20. The van der Waals surface area contributed by atoms with Gasteiger partial charge in [0.05, 0.1) is 0 Å². The van der Waals surface area contributed by atoms with Crippen LogP contribution in [0.2, 0.25) is 0 Å². The van der Waals surface area contributed by atoms with Gasteiger partial charge in [0.25, 0.3) is 5.91 Å². The van der Waals surface area contributed by atoms with Gasteiger partial charge in [-0.15, -0.1) is 0 Å². The van der Waals surface area contributed by atoms with Gasteiger partial charge in [-0.25, -0.2) is 0 Å². The van der Waals surface area contributed by atoms with Crippen LogP contribution in [0.1, 0.15) is 60.0 Å². The number of benzene rings is 1. The van der Waals surface area contributed by atoms with Crippen molar-refractivity contribution in [2.24, 2.45) is 0 Å². The quantitative estimate of drug-likeness (QED) is 0.733. The smallest absolute Gasteiger partial charge is 0.255 e. The first-order chi connectivity index (χ1) is 14.0. The largest absolute Gasteiger partial charge is 0.322 e. The van der Waals surface area contributed by atoms with Gasteiger partial charge >= 0.3 is 0 Å². The highest BCUT2D eigenvalue weighted by Crippen LogP contribution is 2.31. The molecule has 3 atom stereocenters. The molecule has 7 heteroatoms. The highest BCUT2D eigenvalue weighted by Gasteiger charge is 2.40. The highest BCUT2D eigenvalue weighted by atomic mass is 16.2. The van der Waals surface area contributed by atoms with Crippen LogP contribution >= 0.6 is 0 Å². The third kappa shape index (κ3) is 3.81. The lowest BCUT2D eigenvalue weighted by Gasteiger charge is -2.38. The second-order valence-electron chi connectivity index (χ2n) is 8.51. The van der Waals surface area contributed by atoms with Crippen molar-refractivity contribution in [3.8, 4) is 0 Å². The van der Waals surface area contributed by atoms with Crippen molar-refractivity contribution in [2.75, 3.05) is 14.1 Å². The zero-order valence-electron chi connectivity index (χ0n) is 17.2. The fourth-order valence-corrected chi connectivity index (χ4v) is 5.16. The average molecular weight is 399 g/mol. The Morgan fingerprint density at radius 3 is 2.72 bits per heavy atom. The number of fused-ring (bicyclic) bond motifs is 1. The van der Waals surface area contributed by atoms with Gasteiger partial charge < -0.3 is 10.2 Å². The van der Waals surface area contributed by atoms with Gasteiger partial charge in [0.15, 0.2) is 0 Å². The van der Waals surface area contributed by atoms with Gasteiger partial charge in [0.1, 0.15) is 6.04 Å². The molecule has 29 heavy (non-hydrogen) atoms. The molecule has 2 N–H and O–H groups in total. The third-order valence-corrected chi connectivity index (χ3v) is 6.77. The Kier molecular flexibility index (Phi) is 5.69. The summed E-state index contributed by atoms with van der Waals surface area (Å²) in [5.74, 6) is -0.728. The molecule has 4 rings (SSSR count). The molecule has 0 radical (unpaired) electrons. The Bertz CT molecular complexity index is 824. The molecule has 1 aliphatic carbocycles.